The van der Waals surface area contributed by atoms with Gasteiger partial charge in [-0.05, 0) is 50.3 Å². The maximum absolute atomic E-state index is 15.2. The predicted molar refractivity (Wildman–Crippen MR) is 134 cm³/mol. The zero-order valence-electron chi connectivity index (χ0n) is 19.5. The van der Waals surface area contributed by atoms with Gasteiger partial charge in [-0.15, -0.1) is 0 Å². The minimum absolute atomic E-state index is 0.0564. The molecule has 1 unspecified atom stereocenters. The van der Waals surface area contributed by atoms with Crippen LogP contribution in [0, 0.1) is 11.7 Å². The fourth-order valence-electron chi connectivity index (χ4n) is 5.39. The Morgan fingerprint density at radius 1 is 1.03 bits per heavy atom. The average molecular weight is 483 g/mol. The van der Waals surface area contributed by atoms with E-state index >= 15 is 4.39 Å². The highest BCUT2D eigenvalue weighted by atomic mass is 32.2. The number of hydrogen-bond acceptors (Lipinski definition) is 5. The van der Waals surface area contributed by atoms with Crippen molar-refractivity contribution in [1.29, 1.82) is 0 Å². The maximum Gasteiger partial charge on any atom is 0.221 e. The molecule has 2 atom stereocenters. The third kappa shape index (κ3) is 4.53. The maximum atomic E-state index is 15.2. The van der Waals surface area contributed by atoms with Gasteiger partial charge in [0.05, 0.1) is 0 Å². The molecule has 34 heavy (non-hydrogen) atoms. The summed E-state index contributed by atoms with van der Waals surface area (Å²) in [7, 11) is -3.59. The molecule has 3 heterocycles. The molecule has 0 spiro atoms. The molecule has 6 nitrogen and oxygen atoms in total. The summed E-state index contributed by atoms with van der Waals surface area (Å²) >= 11 is 0. The third-order valence-corrected chi connectivity index (χ3v) is 9.83. The molecule has 2 fully saturated rings. The molecule has 0 N–H and O–H groups in total. The molecule has 0 bridgehead atoms. The first kappa shape index (κ1) is 23.2. The van der Waals surface area contributed by atoms with Gasteiger partial charge in [0.15, 0.2) is 0 Å². The van der Waals surface area contributed by atoms with Gasteiger partial charge in [0, 0.05) is 61.2 Å². The van der Waals surface area contributed by atoms with E-state index in [9.17, 15) is 8.42 Å². The second-order valence-electron chi connectivity index (χ2n) is 9.55. The largest absolute Gasteiger partial charge is 0.371 e. The Kier molecular flexibility index (Phi) is 6.53. The van der Waals surface area contributed by atoms with E-state index in [0.717, 1.165) is 55.7 Å². The van der Waals surface area contributed by atoms with Crippen LogP contribution in [0.5, 0.6) is 0 Å². The Morgan fingerprint density at radius 3 is 2.47 bits per heavy atom. The minimum Gasteiger partial charge on any atom is -0.371 e. The average Bonchev–Trinajstić information content (AvgIpc) is 3.38. The SMILES string of the molecule is C[C@H]1CCC(c2ccccc2)S(=O)(=O)N1Cc1ccc(N2CCC(C3=NN=CC3)CC2)cc1F. The van der Waals surface area contributed by atoms with E-state index in [1.165, 1.54) is 4.31 Å². The van der Waals surface area contributed by atoms with Gasteiger partial charge < -0.3 is 4.90 Å². The molecule has 3 aliphatic heterocycles. The van der Waals surface area contributed by atoms with Crippen LogP contribution in [0.25, 0.3) is 0 Å². The van der Waals surface area contributed by atoms with Crippen molar-refractivity contribution in [3.05, 3.63) is 65.5 Å². The number of anilines is 1. The van der Waals surface area contributed by atoms with E-state index < -0.39 is 15.3 Å². The second-order valence-corrected chi connectivity index (χ2v) is 11.6. The van der Waals surface area contributed by atoms with Gasteiger partial charge >= 0.3 is 0 Å². The van der Waals surface area contributed by atoms with Crippen LogP contribution in [0.2, 0.25) is 0 Å². The number of halogens is 1. The van der Waals surface area contributed by atoms with E-state index in [-0.39, 0.29) is 18.4 Å². The van der Waals surface area contributed by atoms with Gasteiger partial charge in [-0.25, -0.2) is 12.8 Å². The zero-order valence-corrected chi connectivity index (χ0v) is 20.3. The van der Waals surface area contributed by atoms with Crippen molar-refractivity contribution in [3.8, 4) is 0 Å². The van der Waals surface area contributed by atoms with E-state index in [2.05, 4.69) is 15.1 Å². The van der Waals surface area contributed by atoms with E-state index in [4.69, 9.17) is 0 Å². The van der Waals surface area contributed by atoms with Crippen LogP contribution < -0.4 is 4.90 Å². The lowest BCUT2D eigenvalue weighted by Crippen LogP contribution is -2.44. The first-order chi connectivity index (χ1) is 16.4. The summed E-state index contributed by atoms with van der Waals surface area (Å²) in [5.41, 5.74) is 3.22. The highest BCUT2D eigenvalue weighted by Crippen LogP contribution is 2.38. The fourth-order valence-corrected chi connectivity index (χ4v) is 7.58. The summed E-state index contributed by atoms with van der Waals surface area (Å²) < 4.78 is 43.6. The number of hydrogen-bond donors (Lipinski definition) is 0. The molecule has 5 rings (SSSR count). The normalized spacial score (nSPS) is 25.5. The number of piperidine rings is 1. The van der Waals surface area contributed by atoms with Gasteiger partial charge in [0.25, 0.3) is 0 Å². The number of nitrogens with zero attached hydrogens (tertiary/aromatic N) is 4. The molecule has 0 aromatic heterocycles. The van der Waals surface area contributed by atoms with Gasteiger partial charge in [-0.3, -0.25) is 0 Å². The van der Waals surface area contributed by atoms with Crippen molar-refractivity contribution in [2.45, 2.75) is 56.9 Å². The molecule has 2 aromatic carbocycles. The van der Waals surface area contributed by atoms with Crippen LogP contribution in [-0.4, -0.2) is 43.8 Å². The number of sulfonamides is 1. The number of rotatable bonds is 5. The summed E-state index contributed by atoms with van der Waals surface area (Å²) in [4.78, 5) is 2.20. The lowest BCUT2D eigenvalue weighted by atomic mass is 9.90. The Hall–Kier alpha value is -2.58. The molecule has 0 saturated carbocycles. The van der Waals surface area contributed by atoms with Crippen molar-refractivity contribution in [2.24, 2.45) is 16.1 Å². The Labute approximate surface area is 201 Å². The Morgan fingerprint density at radius 2 is 1.79 bits per heavy atom. The summed E-state index contributed by atoms with van der Waals surface area (Å²) in [6, 6.07) is 14.4. The van der Waals surface area contributed by atoms with E-state index in [1.807, 2.05) is 49.5 Å². The summed E-state index contributed by atoms with van der Waals surface area (Å²) in [5, 5.41) is 7.63. The zero-order chi connectivity index (χ0) is 23.7. The van der Waals surface area contributed by atoms with Crippen molar-refractivity contribution >= 4 is 27.6 Å². The highest BCUT2D eigenvalue weighted by molar-refractivity contribution is 7.89. The quantitative estimate of drug-likeness (QED) is 0.607. The van der Waals surface area contributed by atoms with Gasteiger partial charge in [-0.2, -0.15) is 14.5 Å². The highest BCUT2D eigenvalue weighted by Gasteiger charge is 2.40. The summed E-state index contributed by atoms with van der Waals surface area (Å²) in [6.45, 7) is 3.66. The smallest absolute Gasteiger partial charge is 0.221 e. The van der Waals surface area contributed by atoms with Gasteiger partial charge in [-0.1, -0.05) is 36.4 Å². The van der Waals surface area contributed by atoms with Crippen molar-refractivity contribution in [1.82, 2.24) is 4.31 Å². The first-order valence-electron chi connectivity index (χ1n) is 12.1. The molecule has 3 aliphatic rings. The Balaban J connectivity index is 1.29. The first-order valence-corrected chi connectivity index (χ1v) is 13.6. The van der Waals surface area contributed by atoms with E-state index in [1.54, 1.807) is 12.1 Å². The van der Waals surface area contributed by atoms with Gasteiger partial charge in [0.1, 0.15) is 11.1 Å². The van der Waals surface area contributed by atoms with Crippen molar-refractivity contribution in [3.63, 3.8) is 0 Å². The van der Waals surface area contributed by atoms with E-state index in [0.29, 0.717) is 17.9 Å². The van der Waals surface area contributed by atoms with Crippen LogP contribution in [0.15, 0.2) is 58.7 Å². The lowest BCUT2D eigenvalue weighted by Gasteiger charge is -2.37. The predicted octanol–water partition coefficient (Wildman–Crippen LogP) is 4.93. The fraction of sp³-hybridized carbons (Fsp3) is 0.462. The van der Waals surface area contributed by atoms with Crippen molar-refractivity contribution < 1.29 is 12.8 Å². The molecular formula is C26H31FN4O2S. The topological polar surface area (TPSA) is 65.3 Å². The van der Waals surface area contributed by atoms with Crippen LogP contribution in [-0.2, 0) is 16.6 Å². The van der Waals surface area contributed by atoms with Gasteiger partial charge in [0.2, 0.25) is 10.0 Å². The molecule has 0 aliphatic carbocycles. The van der Waals surface area contributed by atoms with Crippen LogP contribution in [0.4, 0.5) is 10.1 Å². The molecule has 2 aromatic rings. The van der Waals surface area contributed by atoms with Crippen molar-refractivity contribution in [2.75, 3.05) is 18.0 Å². The monoisotopic (exact) mass is 482 g/mol. The van der Waals surface area contributed by atoms with Crippen LogP contribution in [0.3, 0.4) is 0 Å². The molecular weight excluding hydrogens is 451 g/mol. The van der Waals surface area contributed by atoms with Crippen LogP contribution in [0.1, 0.15) is 55.4 Å². The second kappa shape index (κ2) is 9.58. The number of benzene rings is 2. The molecule has 8 heteroatoms. The molecule has 2 saturated heterocycles. The molecule has 0 amide bonds. The summed E-state index contributed by atoms with van der Waals surface area (Å²) in [6.07, 6.45) is 5.99. The lowest BCUT2D eigenvalue weighted by molar-refractivity contribution is 0.279. The molecule has 180 valence electrons. The minimum atomic E-state index is -3.59. The summed E-state index contributed by atoms with van der Waals surface area (Å²) in [5.74, 6) is 0.101. The standard InChI is InChI=1S/C26H31FN4O2S/c1-19-7-10-26(21-5-3-2-4-6-21)34(32,33)31(19)18-22-8-9-23(17-24(22)27)30-15-12-20(13-16-30)25-11-14-28-29-25/h2-6,8-9,14,17,19-20,26H,7,10-13,15-16,18H2,1H3/t19-,26?/m0/s1. The Bertz CT molecular complexity index is 1190. The third-order valence-electron chi connectivity index (χ3n) is 7.46. The van der Waals surface area contributed by atoms with Crippen LogP contribution >= 0.6 is 0 Å². The molecule has 0 radical (unpaired) electrons.